The molecule has 19 heavy (non-hydrogen) atoms. The number of hydrogen-bond donors (Lipinski definition) is 1. The van der Waals surface area contributed by atoms with Crippen LogP contribution in [0.2, 0.25) is 0 Å². The van der Waals surface area contributed by atoms with Gasteiger partial charge in [-0.1, -0.05) is 6.07 Å². The summed E-state index contributed by atoms with van der Waals surface area (Å²) in [6.07, 6.45) is 5.27. The summed E-state index contributed by atoms with van der Waals surface area (Å²) in [4.78, 5) is 14.0. The van der Waals surface area contributed by atoms with E-state index < -0.39 is 0 Å². The molecule has 3 aromatic heterocycles. The van der Waals surface area contributed by atoms with E-state index in [9.17, 15) is 0 Å². The summed E-state index contributed by atoms with van der Waals surface area (Å²) in [5.41, 5.74) is 3.40. The quantitative estimate of drug-likeness (QED) is 0.721. The molecule has 0 aliphatic carbocycles. The van der Waals surface area contributed by atoms with Crippen molar-refractivity contribution in [2.75, 3.05) is 0 Å². The van der Waals surface area contributed by atoms with Gasteiger partial charge in [0.15, 0.2) is 0 Å². The van der Waals surface area contributed by atoms with Crippen LogP contribution in [-0.4, -0.2) is 15.0 Å². The van der Waals surface area contributed by atoms with Gasteiger partial charge in [0.2, 0.25) is 0 Å². The van der Waals surface area contributed by atoms with Crippen LogP contribution in [-0.2, 0) is 0 Å². The standard InChI is InChI=1S/C15H11N3S/c19-13-7-4-10-18-15(13)11-5-3-9-17-14(11)12-6-1-2-8-16-12/h1-10,19H. The maximum Gasteiger partial charge on any atom is 0.0980 e. The molecule has 0 fully saturated rings. The molecule has 3 aromatic rings. The highest BCUT2D eigenvalue weighted by molar-refractivity contribution is 7.80. The summed E-state index contributed by atoms with van der Waals surface area (Å²) >= 11 is 4.46. The summed E-state index contributed by atoms with van der Waals surface area (Å²) in [7, 11) is 0. The Hall–Kier alpha value is -2.20. The molecule has 0 N–H and O–H groups in total. The van der Waals surface area contributed by atoms with Crippen molar-refractivity contribution < 1.29 is 0 Å². The van der Waals surface area contributed by atoms with E-state index in [0.717, 1.165) is 27.5 Å². The van der Waals surface area contributed by atoms with Crippen molar-refractivity contribution in [2.24, 2.45) is 0 Å². The van der Waals surface area contributed by atoms with Gasteiger partial charge in [-0.15, -0.1) is 12.6 Å². The molecular formula is C15H11N3S. The van der Waals surface area contributed by atoms with Crippen LogP contribution in [0, 0.1) is 0 Å². The average Bonchev–Trinajstić information content (AvgIpc) is 2.49. The molecular weight excluding hydrogens is 254 g/mol. The van der Waals surface area contributed by atoms with Crippen molar-refractivity contribution in [3.05, 3.63) is 61.1 Å². The Kier molecular flexibility index (Phi) is 3.25. The predicted molar refractivity (Wildman–Crippen MR) is 78.0 cm³/mol. The zero-order chi connectivity index (χ0) is 13.1. The Morgan fingerprint density at radius 2 is 1.42 bits per heavy atom. The van der Waals surface area contributed by atoms with Crippen molar-refractivity contribution in [3.63, 3.8) is 0 Å². The van der Waals surface area contributed by atoms with Crippen LogP contribution < -0.4 is 0 Å². The molecule has 3 heterocycles. The Morgan fingerprint density at radius 3 is 2.16 bits per heavy atom. The van der Waals surface area contributed by atoms with Crippen LogP contribution in [0.1, 0.15) is 0 Å². The smallest absolute Gasteiger partial charge is 0.0980 e. The number of nitrogens with zero attached hydrogens (tertiary/aromatic N) is 3. The average molecular weight is 265 g/mol. The first-order valence-corrected chi connectivity index (χ1v) is 6.32. The minimum atomic E-state index is 0.817. The van der Waals surface area contributed by atoms with Crippen LogP contribution in [0.15, 0.2) is 66.0 Å². The van der Waals surface area contributed by atoms with Crippen LogP contribution in [0.3, 0.4) is 0 Å². The van der Waals surface area contributed by atoms with Crippen molar-refractivity contribution in [3.8, 4) is 22.6 Å². The highest BCUT2D eigenvalue weighted by Crippen LogP contribution is 2.30. The fourth-order valence-electron chi connectivity index (χ4n) is 1.91. The molecule has 0 bridgehead atoms. The third kappa shape index (κ3) is 2.35. The van der Waals surface area contributed by atoms with E-state index in [2.05, 4.69) is 27.6 Å². The topological polar surface area (TPSA) is 38.7 Å². The van der Waals surface area contributed by atoms with Gasteiger partial charge < -0.3 is 0 Å². The lowest BCUT2D eigenvalue weighted by Gasteiger charge is -2.08. The van der Waals surface area contributed by atoms with Crippen molar-refractivity contribution in [2.45, 2.75) is 4.90 Å². The highest BCUT2D eigenvalue weighted by atomic mass is 32.1. The molecule has 0 spiro atoms. The first-order valence-electron chi connectivity index (χ1n) is 5.87. The summed E-state index contributed by atoms with van der Waals surface area (Å²) in [6.45, 7) is 0. The number of hydrogen-bond acceptors (Lipinski definition) is 4. The third-order valence-corrected chi connectivity index (χ3v) is 3.12. The SMILES string of the molecule is Sc1cccnc1-c1cccnc1-c1ccccn1. The molecule has 0 saturated heterocycles. The number of aromatic nitrogens is 3. The minimum Gasteiger partial charge on any atom is -0.255 e. The lowest BCUT2D eigenvalue weighted by atomic mass is 10.1. The van der Waals surface area contributed by atoms with Crippen LogP contribution >= 0.6 is 12.6 Å². The van der Waals surface area contributed by atoms with Crippen molar-refractivity contribution >= 4 is 12.6 Å². The summed E-state index contributed by atoms with van der Waals surface area (Å²) < 4.78 is 0. The summed E-state index contributed by atoms with van der Waals surface area (Å²) in [5.74, 6) is 0. The van der Waals surface area contributed by atoms with Crippen LogP contribution in [0.25, 0.3) is 22.6 Å². The summed E-state index contributed by atoms with van der Waals surface area (Å²) in [5, 5.41) is 0. The second-order valence-corrected chi connectivity index (χ2v) is 4.47. The van der Waals surface area contributed by atoms with Crippen molar-refractivity contribution in [1.29, 1.82) is 0 Å². The lowest BCUT2D eigenvalue weighted by Crippen LogP contribution is -1.93. The Bertz CT molecular complexity index is 699. The number of pyridine rings is 3. The first kappa shape index (κ1) is 11.9. The molecule has 0 radical (unpaired) electrons. The second kappa shape index (κ2) is 5.20. The molecule has 92 valence electrons. The third-order valence-electron chi connectivity index (χ3n) is 2.76. The molecule has 3 nitrogen and oxygen atoms in total. The molecule has 3 rings (SSSR count). The zero-order valence-corrected chi connectivity index (χ0v) is 11.0. The number of thiol groups is 1. The molecule has 0 aliphatic heterocycles. The van der Waals surface area contributed by atoms with Crippen LogP contribution in [0.4, 0.5) is 0 Å². The highest BCUT2D eigenvalue weighted by Gasteiger charge is 2.12. The molecule has 4 heteroatoms. The van der Waals surface area contributed by atoms with Gasteiger partial charge in [0, 0.05) is 29.0 Å². The van der Waals surface area contributed by atoms with Gasteiger partial charge in [-0.25, -0.2) is 0 Å². The van der Waals surface area contributed by atoms with E-state index in [1.54, 1.807) is 18.6 Å². The number of rotatable bonds is 2. The lowest BCUT2D eigenvalue weighted by molar-refractivity contribution is 1.20. The Labute approximate surface area is 116 Å². The van der Waals surface area contributed by atoms with E-state index in [-0.39, 0.29) is 0 Å². The van der Waals surface area contributed by atoms with Gasteiger partial charge in [-0.3, -0.25) is 15.0 Å². The maximum atomic E-state index is 4.46. The fourth-order valence-corrected chi connectivity index (χ4v) is 2.17. The van der Waals surface area contributed by atoms with Crippen molar-refractivity contribution in [1.82, 2.24) is 15.0 Å². The normalized spacial score (nSPS) is 10.4. The summed E-state index contributed by atoms with van der Waals surface area (Å²) in [6, 6.07) is 13.4. The van der Waals surface area contributed by atoms with E-state index in [1.165, 1.54) is 0 Å². The van der Waals surface area contributed by atoms with E-state index in [1.807, 2.05) is 42.5 Å². The molecule has 0 aromatic carbocycles. The van der Waals surface area contributed by atoms with Gasteiger partial charge in [0.1, 0.15) is 0 Å². The first-order chi connectivity index (χ1) is 9.36. The van der Waals surface area contributed by atoms with Gasteiger partial charge >= 0.3 is 0 Å². The zero-order valence-electron chi connectivity index (χ0n) is 10.1. The fraction of sp³-hybridized carbons (Fsp3) is 0. The predicted octanol–water partition coefficient (Wildman–Crippen LogP) is 3.49. The molecule has 0 saturated carbocycles. The van der Waals surface area contributed by atoms with Crippen LogP contribution in [0.5, 0.6) is 0 Å². The van der Waals surface area contributed by atoms with E-state index in [4.69, 9.17) is 0 Å². The van der Waals surface area contributed by atoms with E-state index >= 15 is 0 Å². The largest absolute Gasteiger partial charge is 0.255 e. The van der Waals surface area contributed by atoms with Gasteiger partial charge in [0.05, 0.1) is 17.1 Å². The Balaban J connectivity index is 2.21. The molecule has 0 amide bonds. The van der Waals surface area contributed by atoms with Gasteiger partial charge in [0.25, 0.3) is 0 Å². The monoisotopic (exact) mass is 265 g/mol. The van der Waals surface area contributed by atoms with Gasteiger partial charge in [-0.05, 0) is 36.4 Å². The Morgan fingerprint density at radius 1 is 0.684 bits per heavy atom. The minimum absolute atomic E-state index is 0.817. The van der Waals surface area contributed by atoms with Gasteiger partial charge in [-0.2, -0.15) is 0 Å². The second-order valence-electron chi connectivity index (χ2n) is 3.99. The van der Waals surface area contributed by atoms with E-state index in [0.29, 0.717) is 0 Å². The molecule has 0 atom stereocenters. The maximum absolute atomic E-state index is 4.46. The molecule has 0 unspecified atom stereocenters. The molecule has 0 aliphatic rings.